The van der Waals surface area contributed by atoms with Gasteiger partial charge in [-0.1, -0.05) is 0 Å². The first-order valence-corrected chi connectivity index (χ1v) is 7.32. The number of furan rings is 1. The van der Waals surface area contributed by atoms with Gasteiger partial charge in [-0.2, -0.15) is 0 Å². The molecule has 0 saturated heterocycles. The van der Waals surface area contributed by atoms with Crippen LogP contribution >= 0.6 is 0 Å². The van der Waals surface area contributed by atoms with Crippen molar-refractivity contribution in [1.29, 1.82) is 0 Å². The van der Waals surface area contributed by atoms with Crippen LogP contribution in [0.25, 0.3) is 0 Å². The molecule has 2 amide bonds. The standard InChI is InChI=1S/C17H20N2O3/c1-4-19(5-2)17(21)13-7-9-14(10-8-13)18-16(20)15-11-6-12(3)22-15/h6-11H,4-5H2,1-3H3,(H,18,20). The fourth-order valence-electron chi connectivity index (χ4n) is 2.14. The van der Waals surface area contributed by atoms with Crippen molar-refractivity contribution in [3.05, 3.63) is 53.5 Å². The second-order valence-electron chi connectivity index (χ2n) is 4.92. The van der Waals surface area contributed by atoms with Crippen LogP contribution in [-0.2, 0) is 0 Å². The topological polar surface area (TPSA) is 62.6 Å². The molecule has 22 heavy (non-hydrogen) atoms. The van der Waals surface area contributed by atoms with E-state index in [0.29, 0.717) is 30.1 Å². The summed E-state index contributed by atoms with van der Waals surface area (Å²) < 4.78 is 5.27. The summed E-state index contributed by atoms with van der Waals surface area (Å²) in [6, 6.07) is 10.2. The molecule has 0 radical (unpaired) electrons. The van der Waals surface area contributed by atoms with Crippen LogP contribution in [0.4, 0.5) is 5.69 Å². The maximum Gasteiger partial charge on any atom is 0.291 e. The van der Waals surface area contributed by atoms with Gasteiger partial charge in [0.25, 0.3) is 11.8 Å². The van der Waals surface area contributed by atoms with Gasteiger partial charge in [0.1, 0.15) is 5.76 Å². The van der Waals surface area contributed by atoms with Gasteiger partial charge in [-0.05, 0) is 57.2 Å². The van der Waals surface area contributed by atoms with Gasteiger partial charge in [0.05, 0.1) is 0 Å². The lowest BCUT2D eigenvalue weighted by Crippen LogP contribution is -2.30. The predicted molar refractivity (Wildman–Crippen MR) is 85.1 cm³/mol. The molecule has 1 heterocycles. The van der Waals surface area contributed by atoms with Crippen molar-refractivity contribution in [3.8, 4) is 0 Å². The lowest BCUT2D eigenvalue weighted by molar-refractivity contribution is 0.0773. The van der Waals surface area contributed by atoms with Gasteiger partial charge < -0.3 is 14.6 Å². The molecule has 1 aromatic heterocycles. The molecular weight excluding hydrogens is 280 g/mol. The zero-order valence-electron chi connectivity index (χ0n) is 13.1. The normalized spacial score (nSPS) is 10.3. The van der Waals surface area contributed by atoms with E-state index in [4.69, 9.17) is 4.42 Å². The van der Waals surface area contributed by atoms with Crippen molar-refractivity contribution in [2.75, 3.05) is 18.4 Å². The third-order valence-electron chi connectivity index (χ3n) is 3.40. The monoisotopic (exact) mass is 300 g/mol. The van der Waals surface area contributed by atoms with E-state index in [9.17, 15) is 9.59 Å². The Kier molecular flexibility index (Phi) is 4.99. The number of carbonyl (C=O) groups excluding carboxylic acids is 2. The molecule has 0 atom stereocenters. The van der Waals surface area contributed by atoms with Crippen LogP contribution in [0.15, 0.2) is 40.8 Å². The number of aryl methyl sites for hydroxylation is 1. The molecule has 1 N–H and O–H groups in total. The number of nitrogens with zero attached hydrogens (tertiary/aromatic N) is 1. The lowest BCUT2D eigenvalue weighted by atomic mass is 10.1. The van der Waals surface area contributed by atoms with E-state index >= 15 is 0 Å². The number of amides is 2. The van der Waals surface area contributed by atoms with E-state index in [1.807, 2.05) is 13.8 Å². The van der Waals surface area contributed by atoms with Crippen LogP contribution in [0, 0.1) is 6.92 Å². The Hall–Kier alpha value is -2.56. The number of hydrogen-bond acceptors (Lipinski definition) is 3. The van der Waals surface area contributed by atoms with E-state index in [1.165, 1.54) is 0 Å². The molecule has 0 saturated carbocycles. The summed E-state index contributed by atoms with van der Waals surface area (Å²) in [4.78, 5) is 25.9. The third kappa shape index (κ3) is 3.55. The molecule has 5 heteroatoms. The van der Waals surface area contributed by atoms with Crippen LogP contribution in [0.5, 0.6) is 0 Å². The highest BCUT2D eigenvalue weighted by Gasteiger charge is 2.13. The molecule has 0 fully saturated rings. The molecule has 5 nitrogen and oxygen atoms in total. The van der Waals surface area contributed by atoms with E-state index < -0.39 is 0 Å². The SMILES string of the molecule is CCN(CC)C(=O)c1ccc(NC(=O)c2ccc(C)o2)cc1. The molecule has 0 bridgehead atoms. The number of benzene rings is 1. The number of carbonyl (C=O) groups is 2. The summed E-state index contributed by atoms with van der Waals surface area (Å²) in [5.74, 6) is 0.631. The lowest BCUT2D eigenvalue weighted by Gasteiger charge is -2.18. The predicted octanol–water partition coefficient (Wildman–Crippen LogP) is 3.32. The Morgan fingerprint density at radius 2 is 1.68 bits per heavy atom. The molecule has 1 aromatic carbocycles. The Labute approximate surface area is 129 Å². The van der Waals surface area contributed by atoms with Crippen molar-refractivity contribution in [2.24, 2.45) is 0 Å². The van der Waals surface area contributed by atoms with Gasteiger partial charge in [-0.15, -0.1) is 0 Å². The van der Waals surface area contributed by atoms with Crippen LogP contribution in [0.3, 0.4) is 0 Å². The average molecular weight is 300 g/mol. The summed E-state index contributed by atoms with van der Waals surface area (Å²) in [5, 5.41) is 2.74. The first-order chi connectivity index (χ1) is 10.5. The maximum absolute atomic E-state index is 12.2. The van der Waals surface area contributed by atoms with Gasteiger partial charge in [0.15, 0.2) is 5.76 Å². The van der Waals surface area contributed by atoms with Crippen LogP contribution in [-0.4, -0.2) is 29.8 Å². The van der Waals surface area contributed by atoms with Crippen molar-refractivity contribution in [2.45, 2.75) is 20.8 Å². The minimum Gasteiger partial charge on any atom is -0.456 e. The van der Waals surface area contributed by atoms with Gasteiger partial charge in [-0.3, -0.25) is 9.59 Å². The highest BCUT2D eigenvalue weighted by atomic mass is 16.3. The molecular formula is C17H20N2O3. The molecule has 116 valence electrons. The molecule has 2 rings (SSSR count). The number of hydrogen-bond donors (Lipinski definition) is 1. The zero-order valence-corrected chi connectivity index (χ0v) is 13.1. The van der Waals surface area contributed by atoms with Gasteiger partial charge in [0, 0.05) is 24.3 Å². The highest BCUT2D eigenvalue weighted by Crippen LogP contribution is 2.14. The number of nitrogens with one attached hydrogen (secondary N) is 1. The highest BCUT2D eigenvalue weighted by molar-refractivity contribution is 6.02. The Balaban J connectivity index is 2.06. The first-order valence-electron chi connectivity index (χ1n) is 7.32. The Morgan fingerprint density at radius 1 is 1.05 bits per heavy atom. The van der Waals surface area contributed by atoms with E-state index in [0.717, 1.165) is 0 Å². The van der Waals surface area contributed by atoms with Gasteiger partial charge in [-0.25, -0.2) is 0 Å². The van der Waals surface area contributed by atoms with Crippen molar-refractivity contribution in [1.82, 2.24) is 4.90 Å². The molecule has 0 unspecified atom stereocenters. The average Bonchev–Trinajstić information content (AvgIpc) is 2.96. The molecule has 0 aliphatic rings. The summed E-state index contributed by atoms with van der Waals surface area (Å²) >= 11 is 0. The summed E-state index contributed by atoms with van der Waals surface area (Å²) in [7, 11) is 0. The molecule has 0 aliphatic carbocycles. The summed E-state index contributed by atoms with van der Waals surface area (Å²) in [5.41, 5.74) is 1.23. The second kappa shape index (κ2) is 6.93. The smallest absolute Gasteiger partial charge is 0.291 e. The largest absolute Gasteiger partial charge is 0.456 e. The molecule has 0 spiro atoms. The molecule has 0 aliphatic heterocycles. The summed E-state index contributed by atoms with van der Waals surface area (Å²) in [6.07, 6.45) is 0. The number of rotatable bonds is 5. The fraction of sp³-hybridized carbons (Fsp3) is 0.294. The van der Waals surface area contributed by atoms with E-state index in [1.54, 1.807) is 48.2 Å². The van der Waals surface area contributed by atoms with Gasteiger partial charge >= 0.3 is 0 Å². The van der Waals surface area contributed by atoms with Crippen molar-refractivity contribution >= 4 is 17.5 Å². The zero-order chi connectivity index (χ0) is 16.1. The van der Waals surface area contributed by atoms with E-state index in [-0.39, 0.29) is 17.6 Å². The van der Waals surface area contributed by atoms with Crippen molar-refractivity contribution < 1.29 is 14.0 Å². The fourth-order valence-corrected chi connectivity index (χ4v) is 2.14. The van der Waals surface area contributed by atoms with Crippen LogP contribution < -0.4 is 5.32 Å². The minimum atomic E-state index is -0.309. The van der Waals surface area contributed by atoms with Gasteiger partial charge in [0.2, 0.25) is 0 Å². The van der Waals surface area contributed by atoms with Crippen LogP contribution in [0.1, 0.15) is 40.5 Å². The minimum absolute atomic E-state index is 0.00969. The van der Waals surface area contributed by atoms with E-state index in [2.05, 4.69) is 5.32 Å². The Bertz CT molecular complexity index is 655. The Morgan fingerprint density at radius 3 is 2.18 bits per heavy atom. The van der Waals surface area contributed by atoms with Crippen molar-refractivity contribution in [3.63, 3.8) is 0 Å². The maximum atomic E-state index is 12.2. The number of anilines is 1. The first kappa shape index (κ1) is 15.8. The second-order valence-corrected chi connectivity index (χ2v) is 4.92. The quantitative estimate of drug-likeness (QED) is 0.921. The van der Waals surface area contributed by atoms with Crippen LogP contribution in [0.2, 0.25) is 0 Å². The third-order valence-corrected chi connectivity index (χ3v) is 3.40. The molecule has 2 aromatic rings. The summed E-state index contributed by atoms with van der Waals surface area (Å²) in [6.45, 7) is 7.02.